The number of rotatable bonds is 7. The van der Waals surface area contributed by atoms with Crippen LogP contribution in [0.5, 0.6) is 5.75 Å². The molecule has 22 heavy (non-hydrogen) atoms. The van der Waals surface area contributed by atoms with Crippen molar-refractivity contribution in [3.63, 3.8) is 0 Å². The number of ether oxygens (including phenoxy) is 2. The lowest BCUT2D eigenvalue weighted by Gasteiger charge is -2.08. The second kappa shape index (κ2) is 8.28. The van der Waals surface area contributed by atoms with Crippen LogP contribution in [0.15, 0.2) is 42.5 Å². The first kappa shape index (κ1) is 17.0. The highest BCUT2D eigenvalue weighted by Gasteiger charge is 2.13. The van der Waals surface area contributed by atoms with E-state index >= 15 is 0 Å². The van der Waals surface area contributed by atoms with Gasteiger partial charge in [0.2, 0.25) is 0 Å². The van der Waals surface area contributed by atoms with E-state index in [0.29, 0.717) is 23.8 Å². The Hall–Kier alpha value is -1.41. The molecule has 0 bridgehead atoms. The molecule has 1 atom stereocenters. The number of methoxy groups -OCH3 is 1. The molecule has 0 spiro atoms. The van der Waals surface area contributed by atoms with E-state index in [9.17, 15) is 4.79 Å². The van der Waals surface area contributed by atoms with E-state index in [1.807, 2.05) is 43.3 Å². The van der Waals surface area contributed by atoms with Crippen LogP contribution in [-0.2, 0) is 4.74 Å². The van der Waals surface area contributed by atoms with Crippen LogP contribution in [-0.4, -0.2) is 25.8 Å². The zero-order valence-corrected chi connectivity index (χ0v) is 14.3. The van der Waals surface area contributed by atoms with Crippen molar-refractivity contribution >= 4 is 31.0 Å². The lowest BCUT2D eigenvalue weighted by molar-refractivity contribution is 0.108. The minimum Gasteiger partial charge on any atom is -0.491 e. The summed E-state index contributed by atoms with van der Waals surface area (Å²) in [6, 6.07) is 13.0. The van der Waals surface area contributed by atoms with Gasteiger partial charge in [0.1, 0.15) is 12.4 Å². The van der Waals surface area contributed by atoms with E-state index in [4.69, 9.17) is 21.1 Å². The first-order valence-electron chi connectivity index (χ1n) is 6.90. The molecule has 1 unspecified atom stereocenters. The SMILES string of the molecule is COCCOc1ccc(PC(=O)c2c(C)cccc2Cl)cc1. The molecule has 0 saturated carbocycles. The summed E-state index contributed by atoms with van der Waals surface area (Å²) in [6.07, 6.45) is 0. The molecular formula is C17H18ClO3P. The predicted molar refractivity (Wildman–Crippen MR) is 92.3 cm³/mol. The van der Waals surface area contributed by atoms with Crippen molar-refractivity contribution in [3.8, 4) is 5.75 Å². The van der Waals surface area contributed by atoms with Gasteiger partial charge in [-0.15, -0.1) is 0 Å². The highest BCUT2D eigenvalue weighted by Crippen LogP contribution is 2.27. The number of carbonyl (C=O) groups excluding carboxylic acids is 1. The Bertz CT molecular complexity index is 621. The van der Waals surface area contributed by atoms with Gasteiger partial charge in [-0.25, -0.2) is 0 Å². The van der Waals surface area contributed by atoms with Gasteiger partial charge in [-0.1, -0.05) is 35.9 Å². The minimum absolute atomic E-state index is 0.0436. The molecule has 5 heteroatoms. The van der Waals surface area contributed by atoms with E-state index in [-0.39, 0.29) is 14.1 Å². The molecule has 0 aliphatic heterocycles. The van der Waals surface area contributed by atoms with Crippen molar-refractivity contribution in [2.45, 2.75) is 6.92 Å². The fourth-order valence-corrected chi connectivity index (χ4v) is 3.43. The number of carbonyl (C=O) groups is 1. The molecular weight excluding hydrogens is 319 g/mol. The van der Waals surface area contributed by atoms with E-state index in [1.54, 1.807) is 13.2 Å². The Balaban J connectivity index is 2.03. The molecule has 0 amide bonds. The minimum atomic E-state index is 0.0436. The standard InChI is InChI=1S/C17H18ClO3P/c1-12-4-3-5-15(18)16(12)17(19)22-14-8-6-13(7-9-14)21-11-10-20-2/h3-9,22H,10-11H2,1-2H3. The molecule has 0 radical (unpaired) electrons. The average molecular weight is 337 g/mol. The van der Waals surface area contributed by atoms with Crippen molar-refractivity contribution < 1.29 is 14.3 Å². The third-order valence-electron chi connectivity index (χ3n) is 3.12. The summed E-state index contributed by atoms with van der Waals surface area (Å²) in [6.45, 7) is 2.96. The fourth-order valence-electron chi connectivity index (χ4n) is 1.99. The molecule has 2 aromatic carbocycles. The monoisotopic (exact) mass is 336 g/mol. The van der Waals surface area contributed by atoms with Crippen molar-refractivity contribution in [1.29, 1.82) is 0 Å². The first-order valence-corrected chi connectivity index (χ1v) is 8.28. The van der Waals surface area contributed by atoms with Crippen molar-refractivity contribution in [1.82, 2.24) is 0 Å². The van der Waals surface area contributed by atoms with Crippen LogP contribution in [0.4, 0.5) is 0 Å². The Morgan fingerprint density at radius 3 is 2.50 bits per heavy atom. The Morgan fingerprint density at radius 2 is 1.86 bits per heavy atom. The second-order valence-electron chi connectivity index (χ2n) is 4.75. The number of halogens is 1. The molecule has 0 aliphatic rings. The van der Waals surface area contributed by atoms with Gasteiger partial charge in [0.05, 0.1) is 11.6 Å². The van der Waals surface area contributed by atoms with E-state index in [0.717, 1.165) is 16.6 Å². The highest BCUT2D eigenvalue weighted by atomic mass is 35.5. The lowest BCUT2D eigenvalue weighted by Crippen LogP contribution is -2.06. The second-order valence-corrected chi connectivity index (χ2v) is 6.44. The Labute approximate surface area is 137 Å². The Kier molecular flexibility index (Phi) is 6.38. The van der Waals surface area contributed by atoms with Gasteiger partial charge >= 0.3 is 0 Å². The van der Waals surface area contributed by atoms with Crippen LogP contribution in [0.25, 0.3) is 0 Å². The number of aryl methyl sites for hydroxylation is 1. The van der Waals surface area contributed by atoms with E-state index in [2.05, 4.69) is 0 Å². The van der Waals surface area contributed by atoms with Crippen LogP contribution < -0.4 is 10.0 Å². The summed E-state index contributed by atoms with van der Waals surface area (Å²) in [7, 11) is 1.68. The molecule has 0 aromatic heterocycles. The van der Waals surface area contributed by atoms with Gasteiger partial charge in [0.15, 0.2) is 5.52 Å². The van der Waals surface area contributed by atoms with E-state index in [1.165, 1.54) is 0 Å². The lowest BCUT2D eigenvalue weighted by atomic mass is 10.1. The summed E-state index contributed by atoms with van der Waals surface area (Å²) in [5.41, 5.74) is 1.57. The van der Waals surface area contributed by atoms with E-state index < -0.39 is 0 Å². The van der Waals surface area contributed by atoms with Crippen molar-refractivity contribution in [3.05, 3.63) is 58.6 Å². The topological polar surface area (TPSA) is 35.5 Å². The summed E-state index contributed by atoms with van der Waals surface area (Å²) in [5.74, 6) is 0.770. The fraction of sp³-hybridized carbons (Fsp3) is 0.235. The normalized spacial score (nSPS) is 11.0. The molecule has 2 aromatic rings. The third kappa shape index (κ3) is 4.54. The maximum Gasteiger partial charge on any atom is 0.187 e. The molecule has 3 nitrogen and oxygen atoms in total. The molecule has 0 aliphatic carbocycles. The zero-order valence-electron chi connectivity index (χ0n) is 12.6. The van der Waals surface area contributed by atoms with Gasteiger partial charge in [-0.05, 0) is 44.6 Å². The number of hydrogen-bond donors (Lipinski definition) is 0. The molecule has 0 N–H and O–H groups in total. The predicted octanol–water partition coefficient (Wildman–Crippen LogP) is 3.82. The summed E-state index contributed by atoms with van der Waals surface area (Å²) >= 11 is 6.14. The van der Waals surface area contributed by atoms with Crippen LogP contribution in [0.3, 0.4) is 0 Å². The summed E-state index contributed by atoms with van der Waals surface area (Å²) in [5, 5.41) is 1.47. The maximum absolute atomic E-state index is 12.4. The van der Waals surface area contributed by atoms with Gasteiger partial charge in [-0.3, -0.25) is 4.79 Å². The molecule has 116 valence electrons. The quantitative estimate of drug-likeness (QED) is 0.569. The molecule has 2 rings (SSSR count). The zero-order chi connectivity index (χ0) is 15.9. The number of benzene rings is 2. The van der Waals surface area contributed by atoms with Gasteiger partial charge < -0.3 is 9.47 Å². The van der Waals surface area contributed by atoms with Gasteiger partial charge in [0, 0.05) is 12.7 Å². The Morgan fingerprint density at radius 1 is 1.14 bits per heavy atom. The summed E-state index contributed by atoms with van der Waals surface area (Å²) < 4.78 is 10.4. The van der Waals surface area contributed by atoms with Crippen LogP contribution >= 0.6 is 20.2 Å². The molecule has 0 fully saturated rings. The smallest absolute Gasteiger partial charge is 0.187 e. The van der Waals surface area contributed by atoms with Crippen molar-refractivity contribution in [2.75, 3.05) is 20.3 Å². The third-order valence-corrected chi connectivity index (χ3v) is 4.53. The average Bonchev–Trinajstić information content (AvgIpc) is 2.49. The summed E-state index contributed by atoms with van der Waals surface area (Å²) in [4.78, 5) is 12.4. The maximum atomic E-state index is 12.4. The molecule has 0 heterocycles. The highest BCUT2D eigenvalue weighted by molar-refractivity contribution is 7.66. The van der Waals surface area contributed by atoms with Crippen molar-refractivity contribution in [2.24, 2.45) is 0 Å². The van der Waals surface area contributed by atoms with Gasteiger partial charge in [0.25, 0.3) is 0 Å². The number of hydrogen-bond acceptors (Lipinski definition) is 3. The van der Waals surface area contributed by atoms with Crippen LogP contribution in [0.1, 0.15) is 15.9 Å². The molecule has 0 saturated heterocycles. The largest absolute Gasteiger partial charge is 0.491 e. The van der Waals surface area contributed by atoms with Crippen LogP contribution in [0, 0.1) is 6.92 Å². The first-order chi connectivity index (χ1) is 10.6. The van der Waals surface area contributed by atoms with Gasteiger partial charge in [-0.2, -0.15) is 0 Å². The van der Waals surface area contributed by atoms with Crippen LogP contribution in [0.2, 0.25) is 5.02 Å².